The standard InChI is InChI=1S/C11H13N3O2S/c1-2-8(17-5-1)6-10-13-11(16-14-10)9-7-12-3-4-15-9/h1-2,5,9,12H,3-4,6-7H2/t9-/m1/s1. The average Bonchev–Trinajstić information content (AvgIpc) is 3.02. The number of rotatable bonds is 3. The van der Waals surface area contributed by atoms with Crippen molar-refractivity contribution in [1.82, 2.24) is 15.5 Å². The fourth-order valence-corrected chi connectivity index (χ4v) is 2.46. The van der Waals surface area contributed by atoms with Crippen molar-refractivity contribution in [1.29, 1.82) is 0 Å². The fourth-order valence-electron chi connectivity index (χ4n) is 1.76. The first-order chi connectivity index (χ1) is 8.42. The quantitative estimate of drug-likeness (QED) is 0.893. The van der Waals surface area contributed by atoms with Crippen molar-refractivity contribution in [3.05, 3.63) is 34.1 Å². The minimum atomic E-state index is -0.103. The lowest BCUT2D eigenvalue weighted by Crippen LogP contribution is -2.33. The molecule has 0 radical (unpaired) electrons. The Balaban J connectivity index is 1.69. The molecule has 0 bridgehead atoms. The molecule has 90 valence electrons. The van der Waals surface area contributed by atoms with Gasteiger partial charge < -0.3 is 14.6 Å². The first kappa shape index (κ1) is 10.9. The van der Waals surface area contributed by atoms with E-state index in [-0.39, 0.29) is 6.10 Å². The lowest BCUT2D eigenvalue weighted by molar-refractivity contribution is 0.00755. The molecule has 1 aliphatic heterocycles. The number of aromatic nitrogens is 2. The van der Waals surface area contributed by atoms with Gasteiger partial charge >= 0.3 is 0 Å². The van der Waals surface area contributed by atoms with E-state index in [0.717, 1.165) is 25.3 Å². The van der Waals surface area contributed by atoms with E-state index in [1.165, 1.54) is 4.88 Å². The molecule has 17 heavy (non-hydrogen) atoms. The van der Waals surface area contributed by atoms with E-state index in [9.17, 15) is 0 Å². The third-order valence-corrected chi connectivity index (χ3v) is 3.48. The van der Waals surface area contributed by atoms with Crippen molar-refractivity contribution in [2.75, 3.05) is 19.7 Å². The van der Waals surface area contributed by atoms with Crippen molar-refractivity contribution in [2.45, 2.75) is 12.5 Å². The molecule has 1 N–H and O–H groups in total. The van der Waals surface area contributed by atoms with Crippen LogP contribution in [0.1, 0.15) is 22.7 Å². The minimum Gasteiger partial charge on any atom is -0.366 e. The average molecular weight is 251 g/mol. The number of ether oxygens (including phenoxy) is 1. The van der Waals surface area contributed by atoms with Gasteiger partial charge in [-0.25, -0.2) is 0 Å². The molecular weight excluding hydrogens is 238 g/mol. The summed E-state index contributed by atoms with van der Waals surface area (Å²) in [5.74, 6) is 1.29. The van der Waals surface area contributed by atoms with Crippen molar-refractivity contribution in [3.63, 3.8) is 0 Å². The molecule has 0 aromatic carbocycles. The van der Waals surface area contributed by atoms with E-state index in [1.807, 2.05) is 11.4 Å². The number of morpholine rings is 1. The molecule has 1 atom stereocenters. The lowest BCUT2D eigenvalue weighted by Gasteiger charge is -2.19. The van der Waals surface area contributed by atoms with Gasteiger partial charge in [-0.1, -0.05) is 11.2 Å². The molecule has 0 aliphatic carbocycles. The highest BCUT2D eigenvalue weighted by molar-refractivity contribution is 7.09. The van der Waals surface area contributed by atoms with E-state index in [1.54, 1.807) is 11.3 Å². The summed E-state index contributed by atoms with van der Waals surface area (Å²) in [4.78, 5) is 5.61. The second kappa shape index (κ2) is 4.95. The Morgan fingerprint density at radius 3 is 3.29 bits per heavy atom. The third kappa shape index (κ3) is 2.54. The Morgan fingerprint density at radius 1 is 1.53 bits per heavy atom. The van der Waals surface area contributed by atoms with Crippen LogP contribution < -0.4 is 5.32 Å². The van der Waals surface area contributed by atoms with E-state index in [0.29, 0.717) is 12.5 Å². The highest BCUT2D eigenvalue weighted by Crippen LogP contribution is 2.18. The summed E-state index contributed by atoms with van der Waals surface area (Å²) in [7, 11) is 0. The second-order valence-corrected chi connectivity index (χ2v) is 4.90. The van der Waals surface area contributed by atoms with Crippen LogP contribution in [0, 0.1) is 0 Å². The zero-order valence-corrected chi connectivity index (χ0v) is 10.1. The first-order valence-electron chi connectivity index (χ1n) is 5.59. The van der Waals surface area contributed by atoms with Gasteiger partial charge in [0.2, 0.25) is 0 Å². The molecule has 3 heterocycles. The maximum Gasteiger partial charge on any atom is 0.257 e. The van der Waals surface area contributed by atoms with Crippen LogP contribution in [0.5, 0.6) is 0 Å². The Labute approximate surface area is 103 Å². The van der Waals surface area contributed by atoms with Gasteiger partial charge in [0, 0.05) is 24.4 Å². The second-order valence-electron chi connectivity index (χ2n) is 3.87. The van der Waals surface area contributed by atoms with E-state index in [4.69, 9.17) is 9.26 Å². The summed E-state index contributed by atoms with van der Waals surface area (Å²) in [6.45, 7) is 2.31. The summed E-state index contributed by atoms with van der Waals surface area (Å²) in [6.07, 6.45) is 0.620. The topological polar surface area (TPSA) is 60.2 Å². The normalized spacial score (nSPS) is 20.6. The number of thiophene rings is 1. The monoisotopic (exact) mass is 251 g/mol. The predicted molar refractivity (Wildman–Crippen MR) is 63.0 cm³/mol. The Bertz CT molecular complexity index is 463. The van der Waals surface area contributed by atoms with E-state index < -0.39 is 0 Å². The smallest absolute Gasteiger partial charge is 0.257 e. The number of nitrogens with zero attached hydrogens (tertiary/aromatic N) is 2. The summed E-state index contributed by atoms with van der Waals surface area (Å²) >= 11 is 1.70. The van der Waals surface area contributed by atoms with Crippen LogP contribution in [-0.4, -0.2) is 29.8 Å². The molecular formula is C11H13N3O2S. The van der Waals surface area contributed by atoms with Crippen LogP contribution >= 0.6 is 11.3 Å². The highest BCUT2D eigenvalue weighted by atomic mass is 32.1. The fraction of sp³-hybridized carbons (Fsp3) is 0.455. The number of hydrogen-bond donors (Lipinski definition) is 1. The van der Waals surface area contributed by atoms with Gasteiger partial charge in [0.25, 0.3) is 5.89 Å². The number of nitrogens with one attached hydrogen (secondary N) is 1. The zero-order valence-electron chi connectivity index (χ0n) is 9.26. The van der Waals surface area contributed by atoms with Crippen molar-refractivity contribution < 1.29 is 9.26 Å². The van der Waals surface area contributed by atoms with Crippen LogP contribution in [-0.2, 0) is 11.2 Å². The van der Waals surface area contributed by atoms with E-state index >= 15 is 0 Å². The van der Waals surface area contributed by atoms with Crippen LogP contribution in [0.15, 0.2) is 22.0 Å². The predicted octanol–water partition coefficient (Wildman–Crippen LogP) is 1.38. The van der Waals surface area contributed by atoms with Gasteiger partial charge in [0.15, 0.2) is 5.82 Å². The van der Waals surface area contributed by atoms with Crippen LogP contribution in [0.25, 0.3) is 0 Å². The van der Waals surface area contributed by atoms with Gasteiger partial charge in [-0.3, -0.25) is 0 Å². The summed E-state index contributed by atoms with van der Waals surface area (Å²) in [6, 6.07) is 4.09. The van der Waals surface area contributed by atoms with E-state index in [2.05, 4.69) is 21.5 Å². The summed E-state index contributed by atoms with van der Waals surface area (Å²) < 4.78 is 10.8. The molecule has 2 aromatic rings. The Kier molecular flexibility index (Phi) is 3.17. The molecule has 6 heteroatoms. The van der Waals surface area contributed by atoms with Crippen LogP contribution in [0.2, 0.25) is 0 Å². The van der Waals surface area contributed by atoms with Crippen LogP contribution in [0.3, 0.4) is 0 Å². The maximum atomic E-state index is 5.56. The summed E-state index contributed by atoms with van der Waals surface area (Å²) in [5.41, 5.74) is 0. The summed E-state index contributed by atoms with van der Waals surface area (Å²) in [5, 5.41) is 9.26. The molecule has 1 saturated heterocycles. The third-order valence-electron chi connectivity index (χ3n) is 2.60. The maximum absolute atomic E-state index is 5.56. The molecule has 0 saturated carbocycles. The van der Waals surface area contributed by atoms with Crippen LogP contribution in [0.4, 0.5) is 0 Å². The minimum absolute atomic E-state index is 0.103. The van der Waals surface area contributed by atoms with Gasteiger partial charge in [0.1, 0.15) is 6.10 Å². The molecule has 5 nitrogen and oxygen atoms in total. The molecule has 2 aromatic heterocycles. The van der Waals surface area contributed by atoms with Gasteiger partial charge in [-0.15, -0.1) is 11.3 Å². The zero-order chi connectivity index (χ0) is 11.5. The molecule has 1 fully saturated rings. The number of hydrogen-bond acceptors (Lipinski definition) is 6. The molecule has 0 amide bonds. The molecule has 0 unspecified atom stereocenters. The largest absolute Gasteiger partial charge is 0.366 e. The SMILES string of the molecule is c1csc(Cc2noc([C@H]3CNCCO3)n2)c1. The van der Waals surface area contributed by atoms with Gasteiger partial charge in [-0.05, 0) is 11.4 Å². The van der Waals surface area contributed by atoms with Gasteiger partial charge in [-0.2, -0.15) is 4.98 Å². The first-order valence-corrected chi connectivity index (χ1v) is 6.47. The molecule has 0 spiro atoms. The van der Waals surface area contributed by atoms with Crippen molar-refractivity contribution in [2.24, 2.45) is 0 Å². The molecule has 3 rings (SSSR count). The molecule has 1 aliphatic rings. The lowest BCUT2D eigenvalue weighted by atomic mass is 10.3. The van der Waals surface area contributed by atoms with Crippen molar-refractivity contribution in [3.8, 4) is 0 Å². The highest BCUT2D eigenvalue weighted by Gasteiger charge is 2.22. The Morgan fingerprint density at radius 2 is 2.53 bits per heavy atom. The Hall–Kier alpha value is -1.24. The van der Waals surface area contributed by atoms with Gasteiger partial charge in [0.05, 0.1) is 6.61 Å². The van der Waals surface area contributed by atoms with Crippen molar-refractivity contribution >= 4 is 11.3 Å².